The molecule has 0 unspecified atom stereocenters. The van der Waals surface area contributed by atoms with Crippen molar-refractivity contribution < 1.29 is 23.5 Å². The minimum Gasteiger partial charge on any atom is -0.492 e. The van der Waals surface area contributed by atoms with Gasteiger partial charge in [-0.15, -0.1) is 11.3 Å². The van der Waals surface area contributed by atoms with E-state index in [2.05, 4.69) is 15.8 Å². The lowest BCUT2D eigenvalue weighted by Gasteiger charge is -2.12. The summed E-state index contributed by atoms with van der Waals surface area (Å²) in [5, 5.41) is 8.34. The third kappa shape index (κ3) is 5.42. The molecule has 2 heterocycles. The molecule has 0 aliphatic carbocycles. The fourth-order valence-electron chi connectivity index (χ4n) is 2.47. The molecule has 0 aliphatic rings. The molecule has 0 spiro atoms. The van der Waals surface area contributed by atoms with E-state index >= 15 is 0 Å². The second kappa shape index (κ2) is 10.2. The number of hydrogen-bond donors (Lipinski definition) is 2. The molecule has 2 N–H and O–H groups in total. The summed E-state index contributed by atoms with van der Waals surface area (Å²) in [6.07, 6.45) is 1.05. The first-order valence-corrected chi connectivity index (χ1v) is 9.96. The summed E-state index contributed by atoms with van der Waals surface area (Å²) in [4.78, 5) is 37.9. The monoisotopic (exact) mass is 425 g/mol. The molecule has 9 heteroatoms. The fraction of sp³-hybridized carbons (Fsp3) is 0.143. The first kappa shape index (κ1) is 21.0. The van der Waals surface area contributed by atoms with Gasteiger partial charge in [-0.3, -0.25) is 14.4 Å². The Bertz CT molecular complexity index is 1040. The van der Waals surface area contributed by atoms with Crippen LogP contribution in [0.1, 0.15) is 33.6 Å². The summed E-state index contributed by atoms with van der Waals surface area (Å²) in [7, 11) is 0. The van der Waals surface area contributed by atoms with Crippen molar-refractivity contribution in [3.05, 3.63) is 70.8 Å². The lowest BCUT2D eigenvalue weighted by atomic mass is 10.1. The van der Waals surface area contributed by atoms with Crippen molar-refractivity contribution in [3.63, 3.8) is 0 Å². The van der Waals surface area contributed by atoms with E-state index in [1.54, 1.807) is 47.8 Å². The highest BCUT2D eigenvalue weighted by molar-refractivity contribution is 7.12. The van der Waals surface area contributed by atoms with Gasteiger partial charge >= 0.3 is 5.91 Å². The summed E-state index contributed by atoms with van der Waals surface area (Å²) in [6, 6.07) is 13.3. The highest BCUT2D eigenvalue weighted by atomic mass is 32.1. The number of nitrogens with one attached hydrogen (secondary N) is 2. The Morgan fingerprint density at radius 2 is 1.93 bits per heavy atom. The zero-order chi connectivity index (χ0) is 21.3. The van der Waals surface area contributed by atoms with Gasteiger partial charge in [0, 0.05) is 0 Å². The Hall–Kier alpha value is -3.72. The van der Waals surface area contributed by atoms with E-state index in [4.69, 9.17) is 9.15 Å². The molecule has 0 saturated carbocycles. The van der Waals surface area contributed by atoms with Crippen molar-refractivity contribution in [2.24, 2.45) is 5.10 Å². The van der Waals surface area contributed by atoms with Crippen molar-refractivity contribution in [2.45, 2.75) is 13.3 Å². The van der Waals surface area contributed by atoms with Gasteiger partial charge < -0.3 is 14.5 Å². The van der Waals surface area contributed by atoms with Crippen molar-refractivity contribution in [2.75, 3.05) is 11.9 Å². The van der Waals surface area contributed by atoms with E-state index in [-0.39, 0.29) is 23.7 Å². The standard InChI is InChI=1S/C21H19N3O5S/c1-2-28-17-8-4-3-7-14(17)22-20(26)15(13-16(25)19-10-6-12-30-19)23-24-21(27)18-9-5-11-29-18/h3-12H,2,13H2,1H3,(H,22,26)(H,24,27). The summed E-state index contributed by atoms with van der Waals surface area (Å²) in [5.74, 6) is -1.04. The maximum absolute atomic E-state index is 12.9. The first-order chi connectivity index (χ1) is 14.6. The number of para-hydroxylation sites is 2. The maximum Gasteiger partial charge on any atom is 0.307 e. The van der Waals surface area contributed by atoms with Crippen molar-refractivity contribution in [1.82, 2.24) is 5.43 Å². The second-order valence-corrected chi connectivity index (χ2v) is 6.88. The van der Waals surface area contributed by atoms with E-state index in [9.17, 15) is 14.4 Å². The van der Waals surface area contributed by atoms with E-state index in [1.165, 1.54) is 23.7 Å². The van der Waals surface area contributed by atoms with Crippen LogP contribution in [0.25, 0.3) is 0 Å². The van der Waals surface area contributed by atoms with Gasteiger partial charge in [0.1, 0.15) is 11.5 Å². The van der Waals surface area contributed by atoms with Crippen LogP contribution >= 0.6 is 11.3 Å². The van der Waals surface area contributed by atoms with Crippen LogP contribution < -0.4 is 15.5 Å². The molecule has 0 saturated heterocycles. The van der Waals surface area contributed by atoms with Crippen LogP contribution in [0.5, 0.6) is 5.75 Å². The lowest BCUT2D eigenvalue weighted by Crippen LogP contribution is -2.29. The molecule has 2 amide bonds. The van der Waals surface area contributed by atoms with Crippen molar-refractivity contribution >= 4 is 40.3 Å². The number of Topliss-reactive ketones (excluding diaryl/α,β-unsaturated/α-hetero) is 1. The molecule has 8 nitrogen and oxygen atoms in total. The Morgan fingerprint density at radius 3 is 2.63 bits per heavy atom. The van der Waals surface area contributed by atoms with Crippen LogP contribution in [-0.2, 0) is 4.79 Å². The van der Waals surface area contributed by atoms with E-state index < -0.39 is 11.8 Å². The van der Waals surface area contributed by atoms with E-state index in [1.807, 2.05) is 6.92 Å². The molecule has 154 valence electrons. The average molecular weight is 425 g/mol. The highest BCUT2D eigenvalue weighted by Crippen LogP contribution is 2.24. The van der Waals surface area contributed by atoms with Crippen LogP contribution in [0.15, 0.2) is 69.7 Å². The Morgan fingerprint density at radius 1 is 1.10 bits per heavy atom. The molecule has 3 aromatic rings. The summed E-state index contributed by atoms with van der Waals surface area (Å²) < 4.78 is 10.5. The van der Waals surface area contributed by atoms with Gasteiger partial charge in [0.15, 0.2) is 11.5 Å². The number of rotatable bonds is 9. The molecule has 0 radical (unpaired) electrons. The minimum atomic E-state index is -0.636. The van der Waals surface area contributed by atoms with Gasteiger partial charge in [-0.25, -0.2) is 5.43 Å². The fourth-order valence-corrected chi connectivity index (χ4v) is 3.14. The number of benzene rings is 1. The number of thiophene rings is 1. The number of ketones is 1. The van der Waals surface area contributed by atoms with E-state index in [0.29, 0.717) is 22.9 Å². The largest absolute Gasteiger partial charge is 0.492 e. The Kier molecular flexibility index (Phi) is 7.12. The maximum atomic E-state index is 12.9. The molecule has 1 aromatic carbocycles. The number of ether oxygens (including phenoxy) is 1. The zero-order valence-corrected chi connectivity index (χ0v) is 16.9. The number of carbonyl (C=O) groups is 3. The molecular formula is C21H19N3O5S. The predicted octanol–water partition coefficient (Wildman–Crippen LogP) is 3.74. The molecule has 0 bridgehead atoms. The molecule has 30 heavy (non-hydrogen) atoms. The van der Waals surface area contributed by atoms with Crippen LogP contribution in [0.2, 0.25) is 0 Å². The van der Waals surface area contributed by atoms with Gasteiger partial charge in [0.05, 0.1) is 29.9 Å². The molecule has 3 rings (SSSR count). The highest BCUT2D eigenvalue weighted by Gasteiger charge is 2.20. The SMILES string of the molecule is CCOc1ccccc1NC(=O)C(CC(=O)c1cccs1)=NNC(=O)c1ccco1. The topological polar surface area (TPSA) is 110 Å². The number of amides is 2. The van der Waals surface area contributed by atoms with E-state index in [0.717, 1.165) is 0 Å². The number of carbonyl (C=O) groups excluding carboxylic acids is 3. The van der Waals surface area contributed by atoms with Crippen LogP contribution in [-0.4, -0.2) is 29.9 Å². The third-order valence-corrected chi connectivity index (χ3v) is 4.77. The van der Waals surface area contributed by atoms with Crippen molar-refractivity contribution in [1.29, 1.82) is 0 Å². The first-order valence-electron chi connectivity index (χ1n) is 9.08. The molecule has 2 aromatic heterocycles. The van der Waals surface area contributed by atoms with Crippen molar-refractivity contribution in [3.8, 4) is 5.75 Å². The quantitative estimate of drug-likeness (QED) is 0.308. The molecule has 0 atom stereocenters. The zero-order valence-electron chi connectivity index (χ0n) is 16.1. The van der Waals surface area contributed by atoms with Gasteiger partial charge in [0.2, 0.25) is 0 Å². The number of hydrazone groups is 1. The third-order valence-electron chi connectivity index (χ3n) is 3.86. The second-order valence-electron chi connectivity index (χ2n) is 5.94. The minimum absolute atomic E-state index is 0.0322. The van der Waals surface area contributed by atoms with Crippen LogP contribution in [0.4, 0.5) is 5.69 Å². The number of anilines is 1. The average Bonchev–Trinajstić information content (AvgIpc) is 3.46. The summed E-state index contributed by atoms with van der Waals surface area (Å²) in [5.41, 5.74) is 2.53. The van der Waals surface area contributed by atoms with Gasteiger partial charge in [0.25, 0.3) is 5.91 Å². The molecule has 0 aliphatic heterocycles. The number of hydrogen-bond acceptors (Lipinski definition) is 7. The smallest absolute Gasteiger partial charge is 0.307 e. The van der Waals surface area contributed by atoms with Gasteiger partial charge in [-0.2, -0.15) is 5.10 Å². The predicted molar refractivity (Wildman–Crippen MR) is 113 cm³/mol. The lowest BCUT2D eigenvalue weighted by molar-refractivity contribution is -0.110. The number of furan rings is 1. The summed E-state index contributed by atoms with van der Waals surface area (Å²) in [6.45, 7) is 2.25. The van der Waals surface area contributed by atoms with Gasteiger partial charge in [-0.05, 0) is 42.6 Å². The normalized spacial score (nSPS) is 11.0. The Balaban J connectivity index is 1.80. The van der Waals surface area contributed by atoms with Crippen LogP contribution in [0.3, 0.4) is 0 Å². The molecule has 0 fully saturated rings. The number of nitrogens with zero attached hydrogens (tertiary/aromatic N) is 1. The Labute approximate surface area is 176 Å². The van der Waals surface area contributed by atoms with Gasteiger partial charge in [-0.1, -0.05) is 18.2 Å². The molecular weight excluding hydrogens is 406 g/mol. The summed E-state index contributed by atoms with van der Waals surface area (Å²) >= 11 is 1.26. The van der Waals surface area contributed by atoms with Crippen LogP contribution in [0, 0.1) is 0 Å².